The van der Waals surface area contributed by atoms with E-state index >= 15 is 0 Å². The zero-order valence-electron chi connectivity index (χ0n) is 11.4. The van der Waals surface area contributed by atoms with Crippen molar-refractivity contribution in [2.24, 2.45) is 11.8 Å². The maximum atomic E-state index is 3.63. The molecule has 0 saturated heterocycles. The van der Waals surface area contributed by atoms with E-state index in [1.807, 2.05) is 0 Å². The minimum atomic E-state index is 0.708. The highest BCUT2D eigenvalue weighted by Gasteiger charge is 2.30. The van der Waals surface area contributed by atoms with Crippen LogP contribution in [0.2, 0.25) is 0 Å². The Labute approximate surface area is 106 Å². The van der Waals surface area contributed by atoms with Crippen LogP contribution in [0.5, 0.6) is 0 Å². The number of nitrogens with one attached hydrogen (secondary N) is 1. The van der Waals surface area contributed by atoms with Crippen LogP contribution in [0.4, 0.5) is 5.69 Å². The van der Waals surface area contributed by atoms with E-state index in [1.54, 1.807) is 0 Å². The average molecular weight is 231 g/mol. The quantitative estimate of drug-likeness (QED) is 0.787. The summed E-state index contributed by atoms with van der Waals surface area (Å²) in [5.41, 5.74) is 2.74. The van der Waals surface area contributed by atoms with Crippen molar-refractivity contribution in [2.45, 2.75) is 52.5 Å². The lowest BCUT2D eigenvalue weighted by Gasteiger charge is -2.39. The number of rotatable bonds is 5. The Kier molecular flexibility index (Phi) is 4.09. The highest BCUT2D eigenvalue weighted by molar-refractivity contribution is 5.45. The van der Waals surface area contributed by atoms with Gasteiger partial charge in [0.25, 0.3) is 0 Å². The molecule has 0 radical (unpaired) electrons. The molecule has 0 atom stereocenters. The summed E-state index contributed by atoms with van der Waals surface area (Å²) in [4.78, 5) is 0. The fourth-order valence-corrected chi connectivity index (χ4v) is 2.62. The van der Waals surface area contributed by atoms with Gasteiger partial charge in [0.1, 0.15) is 0 Å². The van der Waals surface area contributed by atoms with Crippen molar-refractivity contribution in [3.05, 3.63) is 29.8 Å². The van der Waals surface area contributed by atoms with Gasteiger partial charge in [0.2, 0.25) is 0 Å². The van der Waals surface area contributed by atoms with Gasteiger partial charge in [-0.15, -0.1) is 0 Å². The van der Waals surface area contributed by atoms with Crippen molar-refractivity contribution >= 4 is 5.69 Å². The third kappa shape index (κ3) is 3.24. The molecule has 1 heteroatoms. The molecule has 94 valence electrons. The number of hydrogen-bond acceptors (Lipinski definition) is 1. The minimum absolute atomic E-state index is 0.708. The van der Waals surface area contributed by atoms with E-state index in [0.717, 1.165) is 11.8 Å². The normalized spacial score (nSPS) is 23.5. The predicted octanol–water partition coefficient (Wildman–Crippen LogP) is 4.49. The van der Waals surface area contributed by atoms with Gasteiger partial charge >= 0.3 is 0 Å². The molecule has 1 N–H and O–H groups in total. The lowest BCUT2D eigenvalue weighted by molar-refractivity contribution is 0.212. The van der Waals surface area contributed by atoms with E-state index in [-0.39, 0.29) is 0 Å². The zero-order chi connectivity index (χ0) is 12.3. The van der Waals surface area contributed by atoms with Crippen molar-refractivity contribution in [3.8, 4) is 0 Å². The van der Waals surface area contributed by atoms with Crippen LogP contribution >= 0.6 is 0 Å². The zero-order valence-corrected chi connectivity index (χ0v) is 11.4. The van der Waals surface area contributed by atoms with Gasteiger partial charge < -0.3 is 5.32 Å². The minimum Gasteiger partial charge on any atom is -0.382 e. The molecule has 1 nitrogen and oxygen atoms in total. The Morgan fingerprint density at radius 2 is 1.82 bits per heavy atom. The topological polar surface area (TPSA) is 12.0 Å². The molecule has 0 amide bonds. The van der Waals surface area contributed by atoms with Crippen molar-refractivity contribution in [2.75, 3.05) is 5.32 Å². The standard InChI is InChI=1S/C16H25N/c1-4-5-13-6-8-15(9-7-13)17-16-10-14(11-16)12(2)3/h6-9,12,14,16-17H,4-5,10-11H2,1-3H3. The first-order valence-electron chi connectivity index (χ1n) is 7.04. The second-order valence-electron chi connectivity index (χ2n) is 5.76. The monoisotopic (exact) mass is 231 g/mol. The van der Waals surface area contributed by atoms with Crippen LogP contribution in [-0.4, -0.2) is 6.04 Å². The summed E-state index contributed by atoms with van der Waals surface area (Å²) in [6.45, 7) is 6.90. The molecule has 1 fully saturated rings. The first kappa shape index (κ1) is 12.5. The molecule has 0 aromatic heterocycles. The molecule has 0 spiro atoms. The van der Waals surface area contributed by atoms with Gasteiger partial charge in [-0.1, -0.05) is 39.3 Å². The number of anilines is 1. The molecule has 1 aliphatic rings. The summed E-state index contributed by atoms with van der Waals surface area (Å²) in [5.74, 6) is 1.78. The fourth-order valence-electron chi connectivity index (χ4n) is 2.62. The van der Waals surface area contributed by atoms with Gasteiger partial charge in [-0.25, -0.2) is 0 Å². The van der Waals surface area contributed by atoms with Crippen molar-refractivity contribution < 1.29 is 0 Å². The van der Waals surface area contributed by atoms with Crippen molar-refractivity contribution in [3.63, 3.8) is 0 Å². The second kappa shape index (κ2) is 5.57. The molecule has 2 rings (SSSR count). The van der Waals surface area contributed by atoms with Crippen LogP contribution in [-0.2, 0) is 6.42 Å². The Balaban J connectivity index is 1.80. The summed E-state index contributed by atoms with van der Waals surface area (Å²) in [7, 11) is 0. The molecule has 1 aliphatic carbocycles. The Morgan fingerprint density at radius 1 is 1.18 bits per heavy atom. The Bertz CT molecular complexity index is 333. The summed E-state index contributed by atoms with van der Waals surface area (Å²) >= 11 is 0. The lowest BCUT2D eigenvalue weighted by atomic mass is 9.73. The number of benzene rings is 1. The summed E-state index contributed by atoms with van der Waals surface area (Å²) in [5, 5.41) is 3.63. The van der Waals surface area contributed by atoms with Gasteiger partial charge in [0, 0.05) is 11.7 Å². The van der Waals surface area contributed by atoms with Gasteiger partial charge in [-0.2, -0.15) is 0 Å². The molecule has 0 bridgehead atoms. The van der Waals surface area contributed by atoms with Crippen molar-refractivity contribution in [1.29, 1.82) is 0 Å². The summed E-state index contributed by atoms with van der Waals surface area (Å²) in [6, 6.07) is 9.68. The molecule has 1 saturated carbocycles. The Morgan fingerprint density at radius 3 is 2.35 bits per heavy atom. The van der Waals surface area contributed by atoms with Gasteiger partial charge in [-0.3, -0.25) is 0 Å². The first-order valence-corrected chi connectivity index (χ1v) is 7.04. The second-order valence-corrected chi connectivity index (χ2v) is 5.76. The number of hydrogen-bond donors (Lipinski definition) is 1. The smallest absolute Gasteiger partial charge is 0.0342 e. The maximum absolute atomic E-state index is 3.63. The van der Waals surface area contributed by atoms with Crippen LogP contribution in [0.25, 0.3) is 0 Å². The molecular weight excluding hydrogens is 206 g/mol. The fraction of sp³-hybridized carbons (Fsp3) is 0.625. The molecule has 0 heterocycles. The molecular formula is C16H25N. The van der Waals surface area contributed by atoms with Gasteiger partial charge in [0.15, 0.2) is 0 Å². The van der Waals surface area contributed by atoms with Crippen LogP contribution in [0.3, 0.4) is 0 Å². The van der Waals surface area contributed by atoms with Crippen LogP contribution in [0, 0.1) is 11.8 Å². The van der Waals surface area contributed by atoms with E-state index in [4.69, 9.17) is 0 Å². The van der Waals surface area contributed by atoms with Crippen molar-refractivity contribution in [1.82, 2.24) is 0 Å². The number of aryl methyl sites for hydroxylation is 1. The average Bonchev–Trinajstić information content (AvgIpc) is 2.25. The molecule has 0 aliphatic heterocycles. The van der Waals surface area contributed by atoms with Crippen LogP contribution in [0.15, 0.2) is 24.3 Å². The van der Waals surface area contributed by atoms with Gasteiger partial charge in [0.05, 0.1) is 0 Å². The van der Waals surface area contributed by atoms with E-state index in [1.165, 1.54) is 36.9 Å². The first-order chi connectivity index (χ1) is 8.19. The summed E-state index contributed by atoms with van der Waals surface area (Å²) in [6.07, 6.45) is 5.10. The molecule has 1 aromatic carbocycles. The largest absolute Gasteiger partial charge is 0.382 e. The SMILES string of the molecule is CCCc1ccc(NC2CC(C(C)C)C2)cc1. The van der Waals surface area contributed by atoms with E-state index < -0.39 is 0 Å². The highest BCUT2D eigenvalue weighted by Crippen LogP contribution is 2.35. The van der Waals surface area contributed by atoms with E-state index in [0.29, 0.717) is 6.04 Å². The third-order valence-electron chi connectivity index (χ3n) is 3.98. The van der Waals surface area contributed by atoms with Crippen LogP contribution < -0.4 is 5.32 Å². The predicted molar refractivity (Wildman–Crippen MR) is 75.4 cm³/mol. The van der Waals surface area contributed by atoms with E-state index in [9.17, 15) is 0 Å². The highest BCUT2D eigenvalue weighted by atomic mass is 14.9. The third-order valence-corrected chi connectivity index (χ3v) is 3.98. The van der Waals surface area contributed by atoms with Gasteiger partial charge in [-0.05, 0) is 48.8 Å². The molecule has 1 aromatic rings. The Hall–Kier alpha value is -0.980. The maximum Gasteiger partial charge on any atom is 0.0342 e. The summed E-state index contributed by atoms with van der Waals surface area (Å²) < 4.78 is 0. The lowest BCUT2D eigenvalue weighted by Crippen LogP contribution is -2.37. The molecule has 0 unspecified atom stereocenters. The molecule has 17 heavy (non-hydrogen) atoms. The van der Waals surface area contributed by atoms with Crippen LogP contribution in [0.1, 0.15) is 45.6 Å². The van der Waals surface area contributed by atoms with E-state index in [2.05, 4.69) is 50.4 Å².